The third-order valence-electron chi connectivity index (χ3n) is 3.29. The maximum Gasteiger partial charge on any atom is 0.0172 e. The fraction of sp³-hybridized carbons (Fsp3) is 1.00. The minimum atomic E-state index is 0.914. The Balaban J connectivity index is 1.52. The van der Waals surface area contributed by atoms with Gasteiger partial charge in [-0.1, -0.05) is 0 Å². The second kappa shape index (κ2) is 5.99. The first-order valence-corrected chi connectivity index (χ1v) is 7.03. The molecule has 3 heteroatoms. The number of hydrogen-bond acceptors (Lipinski definition) is 3. The normalized spacial score (nSPS) is 29.6. The van der Waals surface area contributed by atoms with Gasteiger partial charge in [0.1, 0.15) is 0 Å². The third-order valence-corrected chi connectivity index (χ3v) is 4.69. The zero-order chi connectivity index (χ0) is 9.64. The molecule has 2 fully saturated rings. The average molecular weight is 214 g/mol. The van der Waals surface area contributed by atoms with Crippen molar-refractivity contribution in [3.63, 3.8) is 0 Å². The van der Waals surface area contributed by atoms with Gasteiger partial charge in [0.05, 0.1) is 0 Å². The van der Waals surface area contributed by atoms with Gasteiger partial charge in [-0.2, -0.15) is 11.8 Å². The van der Waals surface area contributed by atoms with Crippen LogP contribution in [0.25, 0.3) is 0 Å². The molecule has 0 aromatic rings. The summed E-state index contributed by atoms with van der Waals surface area (Å²) in [5, 5.41) is 7.98. The lowest BCUT2D eigenvalue weighted by molar-refractivity contribution is 0.357. The predicted molar refractivity (Wildman–Crippen MR) is 63.9 cm³/mol. The number of nitrogens with one attached hydrogen (secondary N) is 2. The summed E-state index contributed by atoms with van der Waals surface area (Å²) in [5.41, 5.74) is 0. The Labute approximate surface area is 91.6 Å². The molecule has 0 aromatic carbocycles. The standard InChI is InChI=1S/C11H22N2S/c1-2-11(14-7-1)9-13-8-10-3-5-12-6-4-10/h10-13H,1-9H2. The molecule has 1 unspecified atom stereocenters. The van der Waals surface area contributed by atoms with Gasteiger partial charge in [-0.15, -0.1) is 0 Å². The molecule has 0 aliphatic carbocycles. The topological polar surface area (TPSA) is 24.1 Å². The van der Waals surface area contributed by atoms with Crippen molar-refractivity contribution in [1.82, 2.24) is 10.6 Å². The first-order chi connectivity index (χ1) is 6.95. The molecule has 0 bridgehead atoms. The first-order valence-electron chi connectivity index (χ1n) is 5.98. The van der Waals surface area contributed by atoms with Crippen molar-refractivity contribution < 1.29 is 0 Å². The van der Waals surface area contributed by atoms with Gasteiger partial charge in [-0.05, 0) is 57.0 Å². The van der Waals surface area contributed by atoms with Gasteiger partial charge in [0.2, 0.25) is 0 Å². The van der Waals surface area contributed by atoms with Crippen LogP contribution >= 0.6 is 11.8 Å². The van der Waals surface area contributed by atoms with E-state index < -0.39 is 0 Å². The molecule has 2 N–H and O–H groups in total. The van der Waals surface area contributed by atoms with E-state index in [1.165, 1.54) is 57.6 Å². The molecule has 2 aliphatic rings. The van der Waals surface area contributed by atoms with E-state index in [0.717, 1.165) is 11.2 Å². The van der Waals surface area contributed by atoms with E-state index in [9.17, 15) is 0 Å². The van der Waals surface area contributed by atoms with Crippen molar-refractivity contribution in [2.75, 3.05) is 31.9 Å². The number of thioether (sulfide) groups is 1. The average Bonchev–Trinajstić information content (AvgIpc) is 2.72. The summed E-state index contributed by atoms with van der Waals surface area (Å²) < 4.78 is 0. The minimum absolute atomic E-state index is 0.914. The molecule has 14 heavy (non-hydrogen) atoms. The quantitative estimate of drug-likeness (QED) is 0.741. The highest BCUT2D eigenvalue weighted by Crippen LogP contribution is 2.25. The summed E-state index contributed by atoms with van der Waals surface area (Å²) in [7, 11) is 0. The monoisotopic (exact) mass is 214 g/mol. The molecule has 82 valence electrons. The fourth-order valence-corrected chi connectivity index (χ4v) is 3.58. The second-order valence-corrected chi connectivity index (χ2v) is 5.89. The minimum Gasteiger partial charge on any atom is -0.317 e. The zero-order valence-electron chi connectivity index (χ0n) is 8.93. The van der Waals surface area contributed by atoms with E-state index in [1.807, 2.05) is 0 Å². The van der Waals surface area contributed by atoms with Gasteiger partial charge in [0.25, 0.3) is 0 Å². The van der Waals surface area contributed by atoms with Crippen molar-refractivity contribution in [2.45, 2.75) is 30.9 Å². The lowest BCUT2D eigenvalue weighted by Crippen LogP contribution is -2.35. The lowest BCUT2D eigenvalue weighted by Gasteiger charge is -2.23. The van der Waals surface area contributed by atoms with Crippen LogP contribution in [0.3, 0.4) is 0 Å². The lowest BCUT2D eigenvalue weighted by atomic mass is 9.98. The molecular formula is C11H22N2S. The third kappa shape index (κ3) is 3.44. The van der Waals surface area contributed by atoms with E-state index in [0.29, 0.717) is 0 Å². The van der Waals surface area contributed by atoms with Crippen LogP contribution in [0.5, 0.6) is 0 Å². The van der Waals surface area contributed by atoms with E-state index in [1.54, 1.807) is 0 Å². The van der Waals surface area contributed by atoms with Gasteiger partial charge < -0.3 is 10.6 Å². The summed E-state index contributed by atoms with van der Waals surface area (Å²) in [6.07, 6.45) is 5.60. The Morgan fingerprint density at radius 2 is 2.00 bits per heavy atom. The summed E-state index contributed by atoms with van der Waals surface area (Å²) in [5.74, 6) is 2.32. The number of hydrogen-bond donors (Lipinski definition) is 2. The maximum atomic E-state index is 3.65. The summed E-state index contributed by atoms with van der Waals surface area (Å²) >= 11 is 2.15. The van der Waals surface area contributed by atoms with E-state index in [4.69, 9.17) is 0 Å². The Bertz CT molecular complexity index is 151. The maximum absolute atomic E-state index is 3.65. The fourth-order valence-electron chi connectivity index (χ4n) is 2.34. The van der Waals surface area contributed by atoms with Gasteiger partial charge in [-0.3, -0.25) is 0 Å². The Hall–Kier alpha value is 0.270. The largest absolute Gasteiger partial charge is 0.317 e. The van der Waals surface area contributed by atoms with Crippen LogP contribution < -0.4 is 10.6 Å². The molecule has 2 heterocycles. The molecule has 2 saturated heterocycles. The molecule has 2 rings (SSSR count). The van der Waals surface area contributed by atoms with Gasteiger partial charge >= 0.3 is 0 Å². The summed E-state index contributed by atoms with van der Waals surface area (Å²) in [6.45, 7) is 4.95. The zero-order valence-corrected chi connectivity index (χ0v) is 9.74. The molecule has 0 aromatic heterocycles. The molecule has 2 nitrogen and oxygen atoms in total. The van der Waals surface area contributed by atoms with Gasteiger partial charge in [0.15, 0.2) is 0 Å². The van der Waals surface area contributed by atoms with Crippen molar-refractivity contribution in [1.29, 1.82) is 0 Å². The van der Waals surface area contributed by atoms with E-state index in [-0.39, 0.29) is 0 Å². The van der Waals surface area contributed by atoms with Crippen molar-refractivity contribution in [2.24, 2.45) is 5.92 Å². The van der Waals surface area contributed by atoms with E-state index in [2.05, 4.69) is 22.4 Å². The Morgan fingerprint density at radius 1 is 1.14 bits per heavy atom. The van der Waals surface area contributed by atoms with Crippen molar-refractivity contribution >= 4 is 11.8 Å². The van der Waals surface area contributed by atoms with Crippen molar-refractivity contribution in [3.05, 3.63) is 0 Å². The van der Waals surface area contributed by atoms with Gasteiger partial charge in [-0.25, -0.2) is 0 Å². The SMILES string of the molecule is C1CSC(CNCC2CCNCC2)C1. The van der Waals surface area contributed by atoms with Crippen molar-refractivity contribution in [3.8, 4) is 0 Å². The Morgan fingerprint density at radius 3 is 2.71 bits per heavy atom. The van der Waals surface area contributed by atoms with Crippen LogP contribution in [-0.2, 0) is 0 Å². The number of rotatable bonds is 4. The van der Waals surface area contributed by atoms with Crippen LogP contribution in [0.1, 0.15) is 25.7 Å². The van der Waals surface area contributed by atoms with Crippen LogP contribution in [0.15, 0.2) is 0 Å². The summed E-state index contributed by atoms with van der Waals surface area (Å²) in [4.78, 5) is 0. The molecular weight excluding hydrogens is 192 g/mol. The summed E-state index contributed by atoms with van der Waals surface area (Å²) in [6, 6.07) is 0. The van der Waals surface area contributed by atoms with E-state index >= 15 is 0 Å². The van der Waals surface area contributed by atoms with Gasteiger partial charge in [0, 0.05) is 11.8 Å². The van der Waals surface area contributed by atoms with Crippen LogP contribution in [0, 0.1) is 5.92 Å². The highest BCUT2D eigenvalue weighted by atomic mass is 32.2. The molecule has 0 amide bonds. The Kier molecular flexibility index (Phi) is 4.61. The highest BCUT2D eigenvalue weighted by Gasteiger charge is 2.16. The smallest absolute Gasteiger partial charge is 0.0172 e. The van der Waals surface area contributed by atoms with Crippen LogP contribution in [-0.4, -0.2) is 37.2 Å². The molecule has 1 atom stereocenters. The molecule has 0 radical (unpaired) electrons. The number of piperidine rings is 1. The molecule has 0 spiro atoms. The first kappa shape index (κ1) is 10.8. The van der Waals surface area contributed by atoms with Crippen LogP contribution in [0.4, 0.5) is 0 Å². The highest BCUT2D eigenvalue weighted by molar-refractivity contribution is 8.00. The molecule has 0 saturated carbocycles. The predicted octanol–water partition coefficient (Wildman–Crippen LogP) is 1.47. The van der Waals surface area contributed by atoms with Crippen LogP contribution in [0.2, 0.25) is 0 Å². The molecule has 2 aliphatic heterocycles. The second-order valence-electron chi connectivity index (χ2n) is 4.49.